The predicted octanol–water partition coefficient (Wildman–Crippen LogP) is 2.38. The molecular formula is C32H35N3O7. The Labute approximate surface area is 243 Å². The molecule has 1 aliphatic heterocycles. The van der Waals surface area contributed by atoms with Crippen molar-refractivity contribution in [1.29, 1.82) is 0 Å². The number of aliphatic hydroxyl groups is 3. The standard InChI is InChI=1S/C32H35N3O7/c1-34(2)26-21-14-18-13-20-19(17-7-5-16(6-8-17)15-35-11-3-4-12-35)9-10-22(36)24(20)27(37)23(18)29(39)32(21,42)30(40)25(28(26)38)31(33)41/h5-10,18,21,26,36,38-39,42H,3-4,11-15H2,1-2H3,(H2,33,41)/t18?,21?,26-,32-/m0/s1. The van der Waals surface area contributed by atoms with Crippen molar-refractivity contribution >= 4 is 17.5 Å². The Bertz CT molecular complexity index is 1570. The first-order chi connectivity index (χ1) is 19.9. The Balaban J connectivity index is 1.43. The van der Waals surface area contributed by atoms with Gasteiger partial charge in [-0.05, 0) is 87.1 Å². The van der Waals surface area contributed by atoms with E-state index in [-0.39, 0.29) is 29.7 Å². The number of benzene rings is 2. The number of amides is 1. The monoisotopic (exact) mass is 573 g/mol. The number of ketones is 2. The van der Waals surface area contributed by atoms with Crippen molar-refractivity contribution in [2.45, 2.75) is 43.9 Å². The molecule has 42 heavy (non-hydrogen) atoms. The molecule has 220 valence electrons. The van der Waals surface area contributed by atoms with Crippen LogP contribution in [0.3, 0.4) is 0 Å². The van der Waals surface area contributed by atoms with Crippen molar-refractivity contribution in [2.75, 3.05) is 27.2 Å². The number of likely N-dealkylation sites (N-methyl/N-ethyl adjacent to an activating group) is 1. The summed E-state index contributed by atoms with van der Waals surface area (Å²) in [6, 6.07) is 10.3. The van der Waals surface area contributed by atoms with Gasteiger partial charge in [-0.25, -0.2) is 0 Å². The summed E-state index contributed by atoms with van der Waals surface area (Å²) >= 11 is 0. The van der Waals surface area contributed by atoms with Crippen LogP contribution in [0.4, 0.5) is 0 Å². The molecule has 10 nitrogen and oxygen atoms in total. The SMILES string of the molecule is CN(C)[C@@H]1C(O)=C(C(N)=O)C(=O)[C@@]2(O)C(O)=C3C(=O)c4c(O)ccc(-c5ccc(CN6CCCC6)cc5)c4CC3CC12. The molecule has 0 bridgehead atoms. The number of phenolic OH excluding ortho intramolecular Hbond substituents is 1. The zero-order chi connectivity index (χ0) is 30.1. The molecule has 1 fully saturated rings. The molecule has 4 aliphatic rings. The second-order valence-corrected chi connectivity index (χ2v) is 12.1. The number of hydrogen-bond acceptors (Lipinski definition) is 9. The van der Waals surface area contributed by atoms with E-state index in [9.17, 15) is 34.8 Å². The van der Waals surface area contributed by atoms with Crippen LogP contribution in [0.15, 0.2) is 59.1 Å². The maximum Gasteiger partial charge on any atom is 0.255 e. The number of carbonyl (C=O) groups is 3. The van der Waals surface area contributed by atoms with Gasteiger partial charge in [0, 0.05) is 18.0 Å². The van der Waals surface area contributed by atoms with Gasteiger partial charge >= 0.3 is 0 Å². The van der Waals surface area contributed by atoms with E-state index in [1.807, 2.05) is 12.1 Å². The number of nitrogens with two attached hydrogens (primary N) is 1. The molecule has 2 aromatic carbocycles. The number of carbonyl (C=O) groups excluding carboxylic acids is 3. The van der Waals surface area contributed by atoms with Crippen molar-refractivity contribution in [1.82, 2.24) is 9.80 Å². The lowest BCUT2D eigenvalue weighted by molar-refractivity contribution is -0.148. The number of hydrogen-bond donors (Lipinski definition) is 5. The fourth-order valence-electron chi connectivity index (χ4n) is 7.51. The Kier molecular flexibility index (Phi) is 6.75. The van der Waals surface area contributed by atoms with Gasteiger partial charge in [-0.15, -0.1) is 0 Å². The third-order valence-electron chi connectivity index (χ3n) is 9.48. The normalized spacial score (nSPS) is 27.8. The molecular weight excluding hydrogens is 538 g/mol. The van der Waals surface area contributed by atoms with Crippen molar-refractivity contribution in [3.63, 3.8) is 0 Å². The fraction of sp³-hybridized carbons (Fsp3) is 0.406. The van der Waals surface area contributed by atoms with Gasteiger partial charge in [-0.2, -0.15) is 0 Å². The van der Waals surface area contributed by atoms with Gasteiger partial charge in [0.2, 0.25) is 5.78 Å². The number of nitrogens with zero attached hydrogens (tertiary/aromatic N) is 2. The van der Waals surface area contributed by atoms with E-state index < -0.39 is 58.0 Å². The Hall–Kier alpha value is -3.99. The lowest BCUT2D eigenvalue weighted by Gasteiger charge is -2.50. The molecule has 10 heteroatoms. The average molecular weight is 574 g/mol. The third-order valence-corrected chi connectivity index (χ3v) is 9.48. The van der Waals surface area contributed by atoms with E-state index in [2.05, 4.69) is 17.0 Å². The number of primary amides is 1. The highest BCUT2D eigenvalue weighted by Crippen LogP contribution is 2.53. The van der Waals surface area contributed by atoms with Gasteiger partial charge in [0.25, 0.3) is 5.91 Å². The average Bonchev–Trinajstić information content (AvgIpc) is 3.44. The molecule has 2 aromatic rings. The summed E-state index contributed by atoms with van der Waals surface area (Å²) in [5.41, 5.74) is 5.21. The van der Waals surface area contributed by atoms with E-state index in [4.69, 9.17) is 5.73 Å². The van der Waals surface area contributed by atoms with E-state index in [1.54, 1.807) is 20.2 Å². The highest BCUT2D eigenvalue weighted by atomic mass is 16.3. The molecule has 1 amide bonds. The number of aliphatic hydroxyl groups excluding tert-OH is 2. The zero-order valence-corrected chi connectivity index (χ0v) is 23.6. The topological polar surface area (TPSA) is 165 Å². The van der Waals surface area contributed by atoms with Crippen LogP contribution >= 0.6 is 0 Å². The second-order valence-electron chi connectivity index (χ2n) is 12.1. The van der Waals surface area contributed by atoms with E-state index in [0.717, 1.165) is 30.8 Å². The first-order valence-electron chi connectivity index (χ1n) is 14.3. The maximum atomic E-state index is 14.0. The number of allylic oxidation sites excluding steroid dienone is 1. The molecule has 0 saturated carbocycles. The quantitative estimate of drug-likeness (QED) is 0.338. The number of likely N-dealkylation sites (tertiary alicyclic amines) is 1. The Morgan fingerprint density at radius 2 is 1.71 bits per heavy atom. The molecule has 0 aromatic heterocycles. The highest BCUT2D eigenvalue weighted by Gasteiger charge is 2.63. The van der Waals surface area contributed by atoms with Crippen molar-refractivity contribution in [3.8, 4) is 16.9 Å². The third kappa shape index (κ3) is 4.08. The molecule has 1 heterocycles. The number of aromatic hydroxyl groups is 1. The van der Waals surface area contributed by atoms with Gasteiger partial charge in [-0.3, -0.25) is 24.2 Å². The largest absolute Gasteiger partial charge is 0.510 e. The van der Waals surface area contributed by atoms with Crippen LogP contribution in [0, 0.1) is 11.8 Å². The number of Topliss-reactive ketones (excluding diaryl/α,β-unsaturated/α-hetero) is 2. The highest BCUT2D eigenvalue weighted by molar-refractivity contribution is 6.24. The molecule has 0 spiro atoms. The summed E-state index contributed by atoms with van der Waals surface area (Å²) in [5.74, 6) is -6.58. The van der Waals surface area contributed by atoms with Crippen LogP contribution in [0.1, 0.15) is 40.7 Å². The Morgan fingerprint density at radius 3 is 2.33 bits per heavy atom. The molecule has 4 atom stereocenters. The van der Waals surface area contributed by atoms with Gasteiger partial charge in [0.1, 0.15) is 22.8 Å². The van der Waals surface area contributed by atoms with Crippen molar-refractivity contribution < 1.29 is 34.8 Å². The first kappa shape index (κ1) is 28.1. The van der Waals surface area contributed by atoms with Gasteiger partial charge in [-0.1, -0.05) is 30.3 Å². The minimum atomic E-state index is -2.65. The number of fused-ring (bicyclic) bond motifs is 3. The van der Waals surface area contributed by atoms with Crippen molar-refractivity contribution in [2.24, 2.45) is 17.6 Å². The van der Waals surface area contributed by atoms with E-state index in [1.165, 1.54) is 29.4 Å². The summed E-state index contributed by atoms with van der Waals surface area (Å²) in [6.45, 7) is 3.05. The fourth-order valence-corrected chi connectivity index (χ4v) is 7.51. The molecule has 1 saturated heterocycles. The van der Waals surface area contributed by atoms with Crippen LogP contribution in [0.25, 0.3) is 11.1 Å². The maximum absolute atomic E-state index is 14.0. The molecule has 6 N–H and O–H groups in total. The minimum absolute atomic E-state index is 0.00873. The Morgan fingerprint density at radius 1 is 1.05 bits per heavy atom. The predicted molar refractivity (Wildman–Crippen MR) is 154 cm³/mol. The first-order valence-corrected chi connectivity index (χ1v) is 14.3. The summed E-state index contributed by atoms with van der Waals surface area (Å²) in [6.07, 6.45) is 2.72. The van der Waals surface area contributed by atoms with E-state index >= 15 is 0 Å². The van der Waals surface area contributed by atoms with Crippen LogP contribution in [-0.2, 0) is 22.6 Å². The minimum Gasteiger partial charge on any atom is -0.510 e. The van der Waals surface area contributed by atoms with Crippen LogP contribution in [0.2, 0.25) is 0 Å². The summed E-state index contributed by atoms with van der Waals surface area (Å²) in [7, 11) is 3.22. The van der Waals surface area contributed by atoms with Crippen LogP contribution in [0.5, 0.6) is 5.75 Å². The zero-order valence-electron chi connectivity index (χ0n) is 23.6. The molecule has 6 rings (SSSR count). The lowest BCUT2D eigenvalue weighted by atomic mass is 9.58. The molecule has 0 radical (unpaired) electrons. The lowest BCUT2D eigenvalue weighted by Crippen LogP contribution is -2.63. The summed E-state index contributed by atoms with van der Waals surface area (Å²) in [4.78, 5) is 43.5. The smallest absolute Gasteiger partial charge is 0.255 e. The number of rotatable bonds is 5. The summed E-state index contributed by atoms with van der Waals surface area (Å²) < 4.78 is 0. The van der Waals surface area contributed by atoms with Gasteiger partial charge in [0.05, 0.1) is 11.6 Å². The van der Waals surface area contributed by atoms with Crippen molar-refractivity contribution in [3.05, 3.63) is 75.8 Å². The van der Waals surface area contributed by atoms with Crippen LogP contribution in [-0.4, -0.2) is 86.5 Å². The number of phenols is 1. The second kappa shape index (κ2) is 10.1. The van der Waals surface area contributed by atoms with E-state index in [0.29, 0.717) is 5.56 Å². The molecule has 2 unspecified atom stereocenters. The van der Waals surface area contributed by atoms with Gasteiger partial charge < -0.3 is 26.2 Å². The van der Waals surface area contributed by atoms with Crippen LogP contribution < -0.4 is 5.73 Å². The summed E-state index contributed by atoms with van der Waals surface area (Å²) in [5, 5.41) is 45.0. The van der Waals surface area contributed by atoms with Gasteiger partial charge in [0.15, 0.2) is 11.4 Å². The molecule has 3 aliphatic carbocycles.